The van der Waals surface area contributed by atoms with Gasteiger partial charge in [0.25, 0.3) is 17.7 Å². The molecule has 168 valence electrons. The van der Waals surface area contributed by atoms with Crippen LogP contribution >= 0.6 is 11.5 Å². The maximum absolute atomic E-state index is 13.6. The summed E-state index contributed by atoms with van der Waals surface area (Å²) in [4.78, 5) is 39.9. The Hall–Kier alpha value is -3.60. The van der Waals surface area contributed by atoms with Crippen molar-refractivity contribution in [2.45, 2.75) is 44.3 Å². The van der Waals surface area contributed by atoms with Crippen molar-refractivity contribution in [2.75, 3.05) is 5.73 Å². The summed E-state index contributed by atoms with van der Waals surface area (Å²) in [6.07, 6.45) is 6.76. The second kappa shape index (κ2) is 9.27. The van der Waals surface area contributed by atoms with Crippen molar-refractivity contribution < 1.29 is 23.2 Å². The number of furan rings is 2. The molecule has 32 heavy (non-hydrogen) atoms. The Labute approximate surface area is 187 Å². The molecule has 1 fully saturated rings. The molecule has 3 amide bonds. The summed E-state index contributed by atoms with van der Waals surface area (Å²) in [5, 5.41) is 3.03. The molecule has 0 spiro atoms. The monoisotopic (exact) mass is 457 g/mol. The molecule has 0 radical (unpaired) electrons. The minimum atomic E-state index is -1.08. The van der Waals surface area contributed by atoms with E-state index < -0.39 is 17.9 Å². The molecule has 11 heteroatoms. The predicted molar refractivity (Wildman–Crippen MR) is 115 cm³/mol. The Kier molecular flexibility index (Phi) is 6.26. The molecule has 4 rings (SSSR count). The topological polar surface area (TPSA) is 158 Å². The van der Waals surface area contributed by atoms with E-state index in [1.54, 1.807) is 24.3 Å². The quantitative estimate of drug-likeness (QED) is 0.469. The first-order chi connectivity index (χ1) is 15.5. The van der Waals surface area contributed by atoms with E-state index in [9.17, 15) is 14.4 Å². The summed E-state index contributed by atoms with van der Waals surface area (Å²) >= 11 is 0.753. The zero-order chi connectivity index (χ0) is 22.7. The minimum absolute atomic E-state index is 0.00980. The number of nitrogens with one attached hydrogen (secondary N) is 1. The number of aromatic nitrogens is 1. The molecule has 3 heterocycles. The Morgan fingerprint density at radius 2 is 1.91 bits per heavy atom. The van der Waals surface area contributed by atoms with Gasteiger partial charge in [0, 0.05) is 6.04 Å². The number of primary amides is 1. The number of carbonyl (C=O) groups excluding carboxylic acids is 3. The van der Waals surface area contributed by atoms with Crippen molar-refractivity contribution in [3.63, 3.8) is 0 Å². The van der Waals surface area contributed by atoms with Gasteiger partial charge in [-0.2, -0.15) is 4.37 Å². The highest BCUT2D eigenvalue weighted by Crippen LogP contribution is 2.31. The Balaban J connectivity index is 1.72. The normalized spacial score (nSPS) is 14.9. The van der Waals surface area contributed by atoms with Crippen molar-refractivity contribution in [3.8, 4) is 0 Å². The van der Waals surface area contributed by atoms with Gasteiger partial charge in [-0.3, -0.25) is 14.4 Å². The second-order valence-corrected chi connectivity index (χ2v) is 8.33. The highest BCUT2D eigenvalue weighted by molar-refractivity contribution is 7.09. The third-order valence-electron chi connectivity index (χ3n) is 5.40. The fourth-order valence-electron chi connectivity index (χ4n) is 3.83. The summed E-state index contributed by atoms with van der Waals surface area (Å²) in [5.74, 6) is -1.05. The summed E-state index contributed by atoms with van der Waals surface area (Å²) in [7, 11) is 0. The average molecular weight is 458 g/mol. The summed E-state index contributed by atoms with van der Waals surface area (Å²) in [6, 6.07) is 5.61. The molecular formula is C21H23N5O5S. The van der Waals surface area contributed by atoms with Crippen LogP contribution in [0.25, 0.3) is 0 Å². The van der Waals surface area contributed by atoms with E-state index >= 15 is 0 Å². The van der Waals surface area contributed by atoms with Crippen LogP contribution in [0, 0.1) is 0 Å². The van der Waals surface area contributed by atoms with Gasteiger partial charge in [-0.1, -0.05) is 12.8 Å². The maximum atomic E-state index is 13.6. The number of anilines is 1. The van der Waals surface area contributed by atoms with Crippen LogP contribution in [0.1, 0.15) is 63.4 Å². The molecule has 5 N–H and O–H groups in total. The fourth-order valence-corrected chi connectivity index (χ4v) is 4.59. The number of hydrogen-bond donors (Lipinski definition) is 3. The van der Waals surface area contributed by atoms with E-state index in [0.29, 0.717) is 11.5 Å². The number of hydrogen-bond acceptors (Lipinski definition) is 8. The van der Waals surface area contributed by atoms with Crippen LogP contribution < -0.4 is 16.8 Å². The van der Waals surface area contributed by atoms with Crippen molar-refractivity contribution in [1.82, 2.24) is 14.6 Å². The van der Waals surface area contributed by atoms with Crippen LogP contribution in [0.5, 0.6) is 0 Å². The average Bonchev–Trinajstić information content (AvgIpc) is 3.55. The molecule has 0 saturated heterocycles. The van der Waals surface area contributed by atoms with Crippen LogP contribution in [0.3, 0.4) is 0 Å². The van der Waals surface area contributed by atoms with Gasteiger partial charge in [0.1, 0.15) is 16.4 Å². The summed E-state index contributed by atoms with van der Waals surface area (Å²) in [5.41, 5.74) is 11.0. The Bertz CT molecular complexity index is 1090. The van der Waals surface area contributed by atoms with Crippen LogP contribution in [0.2, 0.25) is 0 Å². The van der Waals surface area contributed by atoms with Crippen LogP contribution in [0.15, 0.2) is 45.6 Å². The van der Waals surface area contributed by atoms with Gasteiger partial charge < -0.3 is 30.5 Å². The standard InChI is InChI=1S/C21H23N5O5S/c22-15-16(19(23)27)25-32-18(15)21(29)26(11-13-7-3-9-30-13)17(14-8-4-10-31-14)20(28)24-12-5-1-2-6-12/h3-4,7-10,12,17H,1-2,5-6,11,22H2,(H2,23,27)(H,24,28). The molecule has 0 bridgehead atoms. The van der Waals surface area contributed by atoms with Gasteiger partial charge >= 0.3 is 0 Å². The number of amides is 3. The van der Waals surface area contributed by atoms with Crippen molar-refractivity contribution in [3.05, 3.63) is 58.9 Å². The molecule has 3 aromatic rings. The summed E-state index contributed by atoms with van der Waals surface area (Å²) < 4.78 is 14.9. The van der Waals surface area contributed by atoms with E-state index in [-0.39, 0.29) is 34.8 Å². The number of nitrogen functional groups attached to an aromatic ring is 1. The zero-order valence-corrected chi connectivity index (χ0v) is 18.0. The lowest BCUT2D eigenvalue weighted by atomic mass is 10.1. The van der Waals surface area contributed by atoms with Crippen LogP contribution in [-0.4, -0.2) is 33.0 Å². The number of rotatable bonds is 8. The third kappa shape index (κ3) is 4.37. The molecule has 1 atom stereocenters. The van der Waals surface area contributed by atoms with Gasteiger partial charge in [-0.25, -0.2) is 0 Å². The SMILES string of the molecule is NC(=O)c1nsc(C(=O)N(Cc2ccco2)C(C(=O)NC2CCCC2)c2ccco2)c1N. The first kappa shape index (κ1) is 21.6. The molecule has 10 nitrogen and oxygen atoms in total. The first-order valence-corrected chi connectivity index (χ1v) is 10.9. The predicted octanol–water partition coefficient (Wildman–Crippen LogP) is 2.45. The van der Waals surface area contributed by atoms with E-state index in [4.69, 9.17) is 20.3 Å². The van der Waals surface area contributed by atoms with Gasteiger partial charge in [0.2, 0.25) is 0 Å². The van der Waals surface area contributed by atoms with Crippen molar-refractivity contribution in [1.29, 1.82) is 0 Å². The van der Waals surface area contributed by atoms with Crippen molar-refractivity contribution >= 4 is 34.9 Å². The lowest BCUT2D eigenvalue weighted by molar-refractivity contribution is -0.127. The zero-order valence-electron chi connectivity index (χ0n) is 17.2. The largest absolute Gasteiger partial charge is 0.467 e. The van der Waals surface area contributed by atoms with Crippen LogP contribution in [0.4, 0.5) is 5.69 Å². The maximum Gasteiger partial charge on any atom is 0.270 e. The van der Waals surface area contributed by atoms with E-state index in [1.807, 2.05) is 0 Å². The van der Waals surface area contributed by atoms with Gasteiger partial charge in [-0.05, 0) is 48.6 Å². The molecule has 1 unspecified atom stereocenters. The number of nitrogens with two attached hydrogens (primary N) is 2. The van der Waals surface area contributed by atoms with Crippen molar-refractivity contribution in [2.24, 2.45) is 5.73 Å². The number of nitrogens with zero attached hydrogens (tertiary/aromatic N) is 2. The molecule has 3 aromatic heterocycles. The Morgan fingerprint density at radius 3 is 2.50 bits per heavy atom. The highest BCUT2D eigenvalue weighted by atomic mass is 32.1. The Morgan fingerprint density at radius 1 is 1.19 bits per heavy atom. The molecular weight excluding hydrogens is 434 g/mol. The fraction of sp³-hybridized carbons (Fsp3) is 0.333. The molecule has 0 aliphatic heterocycles. The van der Waals surface area contributed by atoms with E-state index in [0.717, 1.165) is 37.2 Å². The van der Waals surface area contributed by atoms with Crippen LogP contribution in [-0.2, 0) is 11.3 Å². The lowest BCUT2D eigenvalue weighted by Gasteiger charge is -2.29. The minimum Gasteiger partial charge on any atom is -0.467 e. The van der Waals surface area contributed by atoms with Gasteiger partial charge in [0.15, 0.2) is 11.7 Å². The molecule has 1 aliphatic rings. The van der Waals surface area contributed by atoms with Gasteiger partial charge in [-0.15, -0.1) is 0 Å². The third-order valence-corrected chi connectivity index (χ3v) is 6.25. The lowest BCUT2D eigenvalue weighted by Crippen LogP contribution is -2.45. The summed E-state index contributed by atoms with van der Waals surface area (Å²) in [6.45, 7) is -0.0292. The smallest absolute Gasteiger partial charge is 0.270 e. The molecule has 0 aromatic carbocycles. The highest BCUT2D eigenvalue weighted by Gasteiger charge is 2.38. The second-order valence-electron chi connectivity index (χ2n) is 7.56. The van der Waals surface area contributed by atoms with E-state index in [1.165, 1.54) is 17.4 Å². The van der Waals surface area contributed by atoms with Gasteiger partial charge in [0.05, 0.1) is 24.8 Å². The molecule has 1 saturated carbocycles. The van der Waals surface area contributed by atoms with E-state index in [2.05, 4.69) is 9.69 Å². The first-order valence-electron chi connectivity index (χ1n) is 10.2. The number of carbonyl (C=O) groups is 3. The molecule has 1 aliphatic carbocycles.